The number of rotatable bonds is 6. The number of likely N-dealkylation sites (N-methyl/N-ethyl adjacent to an activating group) is 1. The quantitative estimate of drug-likeness (QED) is 0.466. The minimum absolute atomic E-state index is 0.0968. The first-order valence-electron chi connectivity index (χ1n) is 10.0. The third-order valence-corrected chi connectivity index (χ3v) is 5.87. The van der Waals surface area contributed by atoms with Gasteiger partial charge in [0.25, 0.3) is 0 Å². The van der Waals surface area contributed by atoms with Gasteiger partial charge in [-0.2, -0.15) is 0 Å². The molecule has 0 unspecified atom stereocenters. The molecule has 30 heavy (non-hydrogen) atoms. The molecule has 1 saturated carbocycles. The molecule has 5 rings (SSSR count). The Morgan fingerprint density at radius 2 is 1.87 bits per heavy atom. The van der Waals surface area contributed by atoms with Crippen LogP contribution in [0.5, 0.6) is 0 Å². The van der Waals surface area contributed by atoms with Crippen molar-refractivity contribution in [3.63, 3.8) is 0 Å². The van der Waals surface area contributed by atoms with E-state index in [1.54, 1.807) is 0 Å². The fourth-order valence-electron chi connectivity index (χ4n) is 3.90. The summed E-state index contributed by atoms with van der Waals surface area (Å²) in [6, 6.07) is 11.3. The van der Waals surface area contributed by atoms with Crippen molar-refractivity contribution in [1.29, 1.82) is 0 Å². The summed E-state index contributed by atoms with van der Waals surface area (Å²) in [5.74, 6) is 0.467. The Labute approximate surface area is 173 Å². The molecule has 1 saturated heterocycles. The Balaban J connectivity index is 1.42. The summed E-state index contributed by atoms with van der Waals surface area (Å²) in [4.78, 5) is 38.3. The van der Waals surface area contributed by atoms with Crippen LogP contribution >= 0.6 is 0 Å². The number of nitrogens with zero attached hydrogens (tertiary/aromatic N) is 5. The number of hydrogen-bond acceptors (Lipinski definition) is 5. The number of carbonyl (C=O) groups excluding carboxylic acids is 3. The Morgan fingerprint density at radius 3 is 2.50 bits per heavy atom. The molecule has 152 valence electrons. The van der Waals surface area contributed by atoms with Gasteiger partial charge in [-0.1, -0.05) is 35.5 Å². The van der Waals surface area contributed by atoms with Gasteiger partial charge in [-0.3, -0.25) is 14.5 Å². The third-order valence-electron chi connectivity index (χ3n) is 5.87. The van der Waals surface area contributed by atoms with Gasteiger partial charge < -0.3 is 4.90 Å². The number of amides is 3. The molecule has 1 aliphatic heterocycles. The molecule has 0 radical (unpaired) electrons. The summed E-state index contributed by atoms with van der Waals surface area (Å²) in [5.41, 5.74) is 4.64. The first-order chi connectivity index (χ1) is 14.5. The van der Waals surface area contributed by atoms with E-state index in [1.165, 1.54) is 24.8 Å². The van der Waals surface area contributed by atoms with E-state index in [0.717, 1.165) is 39.9 Å². The molecule has 0 atom stereocenters. The van der Waals surface area contributed by atoms with Gasteiger partial charge in [-0.05, 0) is 41.5 Å². The van der Waals surface area contributed by atoms with Crippen molar-refractivity contribution in [3.05, 3.63) is 47.5 Å². The molecule has 0 N–H and O–H groups in total. The van der Waals surface area contributed by atoms with Crippen LogP contribution in [0.2, 0.25) is 0 Å². The normalized spacial score (nSPS) is 16.7. The number of fused-ring (bicyclic) bond motifs is 1. The third kappa shape index (κ3) is 3.14. The van der Waals surface area contributed by atoms with E-state index in [-0.39, 0.29) is 18.5 Å². The number of aromatic nitrogens is 3. The summed E-state index contributed by atoms with van der Waals surface area (Å²) in [5, 5.41) is 8.51. The van der Waals surface area contributed by atoms with E-state index in [0.29, 0.717) is 23.5 Å². The van der Waals surface area contributed by atoms with Gasteiger partial charge in [0.05, 0.1) is 11.1 Å². The van der Waals surface area contributed by atoms with E-state index < -0.39 is 0 Å². The zero-order chi connectivity index (χ0) is 20.8. The Hall–Kier alpha value is -3.55. The maximum Gasteiger partial charge on any atom is 0.327 e. The number of aldehydes is 1. The Morgan fingerprint density at radius 1 is 1.10 bits per heavy atom. The number of hydrogen-bond donors (Lipinski definition) is 0. The number of urea groups is 1. The van der Waals surface area contributed by atoms with Crippen molar-refractivity contribution in [1.82, 2.24) is 24.8 Å². The maximum atomic E-state index is 12.1. The number of imide groups is 1. The van der Waals surface area contributed by atoms with E-state index in [4.69, 9.17) is 0 Å². The number of carbonyl (C=O) groups is 3. The van der Waals surface area contributed by atoms with E-state index >= 15 is 0 Å². The molecular formula is C22H21N5O3. The standard InChI is InChI=1S/C22H21N5O3/c1-25-20(29)12-26(22(25)30)10-14-4-6-16(7-5-14)17-8-9-19-21(18(17)13-28)23-24-27(19)11-15-2-3-15/h4-9,13,15H,2-3,10-12H2,1H3. The van der Waals surface area contributed by atoms with Gasteiger partial charge in [0.1, 0.15) is 12.1 Å². The van der Waals surface area contributed by atoms with Crippen molar-refractivity contribution < 1.29 is 14.4 Å². The second-order valence-electron chi connectivity index (χ2n) is 8.02. The highest BCUT2D eigenvalue weighted by Crippen LogP contribution is 2.33. The molecule has 0 bridgehead atoms. The minimum Gasteiger partial charge on any atom is -0.311 e. The van der Waals surface area contributed by atoms with Crippen molar-refractivity contribution in [3.8, 4) is 11.1 Å². The first kappa shape index (κ1) is 18.5. The smallest absolute Gasteiger partial charge is 0.311 e. The van der Waals surface area contributed by atoms with E-state index in [2.05, 4.69) is 10.3 Å². The maximum absolute atomic E-state index is 12.1. The molecule has 3 amide bonds. The summed E-state index contributed by atoms with van der Waals surface area (Å²) in [7, 11) is 1.49. The number of benzene rings is 2. The lowest BCUT2D eigenvalue weighted by Crippen LogP contribution is -2.29. The lowest BCUT2D eigenvalue weighted by molar-refractivity contribution is -0.124. The van der Waals surface area contributed by atoms with Gasteiger partial charge in [-0.15, -0.1) is 5.10 Å². The summed E-state index contributed by atoms with van der Waals surface area (Å²) < 4.78 is 1.89. The van der Waals surface area contributed by atoms with Crippen LogP contribution < -0.4 is 0 Å². The second kappa shape index (κ2) is 7.05. The topological polar surface area (TPSA) is 88.4 Å². The van der Waals surface area contributed by atoms with Crippen LogP contribution in [0, 0.1) is 5.92 Å². The lowest BCUT2D eigenvalue weighted by atomic mass is 9.98. The van der Waals surface area contributed by atoms with Crippen LogP contribution in [0.15, 0.2) is 36.4 Å². The van der Waals surface area contributed by atoms with Gasteiger partial charge in [0.15, 0.2) is 6.29 Å². The fourth-order valence-corrected chi connectivity index (χ4v) is 3.90. The molecular weight excluding hydrogens is 382 g/mol. The molecule has 1 aromatic heterocycles. The van der Waals surface area contributed by atoms with Crippen LogP contribution in [0.25, 0.3) is 22.2 Å². The van der Waals surface area contributed by atoms with Crippen LogP contribution in [-0.4, -0.2) is 56.6 Å². The zero-order valence-corrected chi connectivity index (χ0v) is 16.6. The Kier molecular flexibility index (Phi) is 4.34. The van der Waals surface area contributed by atoms with E-state index in [1.807, 2.05) is 41.1 Å². The van der Waals surface area contributed by atoms with Crippen molar-refractivity contribution in [2.45, 2.75) is 25.9 Å². The highest BCUT2D eigenvalue weighted by Gasteiger charge is 2.32. The molecule has 2 fully saturated rings. The molecule has 2 aliphatic rings. The summed E-state index contributed by atoms with van der Waals surface area (Å²) >= 11 is 0. The molecule has 2 heterocycles. The first-order valence-corrected chi connectivity index (χ1v) is 10.0. The predicted molar refractivity (Wildman–Crippen MR) is 110 cm³/mol. The molecule has 0 spiro atoms. The minimum atomic E-state index is -0.285. The average Bonchev–Trinajstić information content (AvgIpc) is 3.44. The highest BCUT2D eigenvalue weighted by atomic mass is 16.2. The predicted octanol–water partition coefficient (Wildman–Crippen LogP) is 2.71. The zero-order valence-electron chi connectivity index (χ0n) is 16.6. The van der Waals surface area contributed by atoms with Crippen LogP contribution in [0.3, 0.4) is 0 Å². The van der Waals surface area contributed by atoms with E-state index in [9.17, 15) is 14.4 Å². The molecule has 2 aromatic carbocycles. The van der Waals surface area contributed by atoms with Crippen LogP contribution in [-0.2, 0) is 17.9 Å². The highest BCUT2D eigenvalue weighted by molar-refractivity contribution is 6.02. The average molecular weight is 403 g/mol. The molecule has 1 aliphatic carbocycles. The monoisotopic (exact) mass is 403 g/mol. The van der Waals surface area contributed by atoms with Gasteiger partial charge in [-0.25, -0.2) is 9.48 Å². The van der Waals surface area contributed by atoms with Crippen molar-refractivity contribution in [2.24, 2.45) is 5.92 Å². The van der Waals surface area contributed by atoms with Crippen molar-refractivity contribution >= 4 is 29.3 Å². The van der Waals surface area contributed by atoms with Gasteiger partial charge in [0, 0.05) is 20.1 Å². The molecule has 8 nitrogen and oxygen atoms in total. The lowest BCUT2D eigenvalue weighted by Gasteiger charge is -2.15. The van der Waals surface area contributed by atoms with Gasteiger partial charge in [0.2, 0.25) is 5.91 Å². The second-order valence-corrected chi connectivity index (χ2v) is 8.02. The van der Waals surface area contributed by atoms with Crippen LogP contribution in [0.4, 0.5) is 4.79 Å². The van der Waals surface area contributed by atoms with Crippen molar-refractivity contribution in [2.75, 3.05) is 13.6 Å². The van der Waals surface area contributed by atoms with Crippen LogP contribution in [0.1, 0.15) is 28.8 Å². The molecule has 3 aromatic rings. The fraction of sp³-hybridized carbons (Fsp3) is 0.318. The van der Waals surface area contributed by atoms with Gasteiger partial charge >= 0.3 is 6.03 Å². The summed E-state index contributed by atoms with van der Waals surface area (Å²) in [6.07, 6.45) is 3.28. The largest absolute Gasteiger partial charge is 0.327 e. The SMILES string of the molecule is CN1C(=O)CN(Cc2ccc(-c3ccc4c(nnn4CC4CC4)c3C=O)cc2)C1=O. The molecule has 8 heteroatoms. The summed E-state index contributed by atoms with van der Waals surface area (Å²) in [6.45, 7) is 1.31. The Bertz CT molecular complexity index is 1160.